The monoisotopic (exact) mass is 506 g/mol. The van der Waals surface area contributed by atoms with E-state index in [4.69, 9.17) is 15.2 Å². The van der Waals surface area contributed by atoms with Crippen LogP contribution in [0.3, 0.4) is 0 Å². The van der Waals surface area contributed by atoms with Crippen molar-refractivity contribution < 1.29 is 45.3 Å². The number of nitrogens with zero attached hydrogens (tertiary/aromatic N) is 1. The van der Waals surface area contributed by atoms with E-state index in [2.05, 4.69) is 4.74 Å². The number of hydrogen-bond acceptors (Lipinski definition) is 6. The van der Waals surface area contributed by atoms with Crippen molar-refractivity contribution >= 4 is 5.97 Å². The minimum atomic E-state index is -2.38. The second kappa shape index (κ2) is 9.53. The van der Waals surface area contributed by atoms with Crippen LogP contribution in [-0.4, -0.2) is 12.6 Å². The van der Waals surface area contributed by atoms with Gasteiger partial charge in [-0.1, -0.05) is 24.3 Å². The quantitative estimate of drug-likeness (QED) is 0.177. The molecule has 12 heteroatoms. The predicted octanol–water partition coefficient (Wildman–Crippen LogP) is 4.72. The van der Waals surface area contributed by atoms with E-state index in [0.29, 0.717) is 5.56 Å². The number of rotatable bonds is 5. The summed E-state index contributed by atoms with van der Waals surface area (Å²) in [5.41, 5.74) is 6.25. The molecule has 0 spiro atoms. The summed E-state index contributed by atoms with van der Waals surface area (Å²) in [4.78, 5) is 12.1. The van der Waals surface area contributed by atoms with Crippen LogP contribution in [0.2, 0.25) is 0 Å². The van der Waals surface area contributed by atoms with Crippen molar-refractivity contribution in [3.8, 4) is 23.3 Å². The molecule has 1 unspecified atom stereocenters. The summed E-state index contributed by atoms with van der Waals surface area (Å²) in [6.07, 6.45) is 0. The Hall–Kier alpha value is -4.66. The molecule has 184 valence electrons. The standard InChI is InChI=1S/C24H12F6N2O4/c25-14-4-2-1-3-11(14)17-12-6-5-10(7-15(12)36-24(32)13(17)8-31)35-16(33)9-34-23-21(29)19(27)18(26)20(28)22(23)30/h1-7,17H,9,32H2. The summed E-state index contributed by atoms with van der Waals surface area (Å²) in [6, 6.07) is 11.4. The fraction of sp³-hybridized carbons (Fsp3) is 0.0833. The Balaban J connectivity index is 1.56. The Kier molecular flexibility index (Phi) is 6.48. The molecule has 1 atom stereocenters. The van der Waals surface area contributed by atoms with Crippen LogP contribution in [0, 0.1) is 46.2 Å². The molecule has 0 aliphatic carbocycles. The summed E-state index contributed by atoms with van der Waals surface area (Å²) in [7, 11) is 0. The Morgan fingerprint density at radius 3 is 2.22 bits per heavy atom. The van der Waals surface area contributed by atoms with Crippen molar-refractivity contribution in [3.05, 3.63) is 100.0 Å². The number of nitriles is 1. The summed E-state index contributed by atoms with van der Waals surface area (Å²) in [6.45, 7) is -1.21. The first-order valence-corrected chi connectivity index (χ1v) is 9.94. The number of carbonyl (C=O) groups excluding carboxylic acids is 1. The van der Waals surface area contributed by atoms with Gasteiger partial charge in [0.25, 0.3) is 0 Å². The Bertz CT molecular complexity index is 1440. The van der Waals surface area contributed by atoms with Crippen LogP contribution in [0.1, 0.15) is 17.0 Å². The van der Waals surface area contributed by atoms with Crippen LogP contribution < -0.4 is 19.9 Å². The maximum Gasteiger partial charge on any atom is 0.349 e. The van der Waals surface area contributed by atoms with E-state index in [1.54, 1.807) is 6.07 Å². The Morgan fingerprint density at radius 2 is 1.58 bits per heavy atom. The van der Waals surface area contributed by atoms with Crippen LogP contribution in [0.5, 0.6) is 17.2 Å². The first-order valence-electron chi connectivity index (χ1n) is 9.94. The lowest BCUT2D eigenvalue weighted by Crippen LogP contribution is -2.22. The molecule has 1 heterocycles. The van der Waals surface area contributed by atoms with Crippen molar-refractivity contribution in [2.45, 2.75) is 5.92 Å². The van der Waals surface area contributed by atoms with Crippen LogP contribution in [0.4, 0.5) is 26.3 Å². The number of ether oxygens (including phenoxy) is 3. The maximum absolute atomic E-state index is 14.5. The van der Waals surface area contributed by atoms with Gasteiger partial charge in [-0.3, -0.25) is 0 Å². The third-order valence-electron chi connectivity index (χ3n) is 5.14. The highest BCUT2D eigenvalue weighted by Gasteiger charge is 2.33. The number of hydrogen-bond donors (Lipinski definition) is 1. The number of carbonyl (C=O) groups is 1. The third kappa shape index (κ3) is 4.26. The molecule has 3 aromatic rings. The van der Waals surface area contributed by atoms with Crippen molar-refractivity contribution in [3.63, 3.8) is 0 Å². The average molecular weight is 506 g/mol. The van der Waals surface area contributed by atoms with Gasteiger partial charge < -0.3 is 19.9 Å². The van der Waals surface area contributed by atoms with Gasteiger partial charge in [-0.2, -0.15) is 14.0 Å². The molecule has 0 fully saturated rings. The number of nitrogens with two attached hydrogens (primary N) is 1. The fourth-order valence-electron chi connectivity index (χ4n) is 3.53. The van der Waals surface area contributed by atoms with E-state index in [1.165, 1.54) is 36.4 Å². The third-order valence-corrected chi connectivity index (χ3v) is 5.14. The number of benzene rings is 3. The van der Waals surface area contributed by atoms with Crippen LogP contribution in [0.15, 0.2) is 53.9 Å². The predicted molar refractivity (Wildman–Crippen MR) is 110 cm³/mol. The first kappa shape index (κ1) is 24.5. The second-order valence-electron chi connectivity index (χ2n) is 7.31. The highest BCUT2D eigenvalue weighted by molar-refractivity contribution is 5.74. The lowest BCUT2D eigenvalue weighted by Gasteiger charge is -2.27. The van der Waals surface area contributed by atoms with Crippen LogP contribution in [0.25, 0.3) is 0 Å². The van der Waals surface area contributed by atoms with Gasteiger partial charge in [-0.25, -0.2) is 22.4 Å². The number of allylic oxidation sites excluding steroid dienone is 1. The molecule has 6 nitrogen and oxygen atoms in total. The lowest BCUT2D eigenvalue weighted by molar-refractivity contribution is -0.136. The molecule has 0 amide bonds. The van der Waals surface area contributed by atoms with Crippen LogP contribution >= 0.6 is 0 Å². The normalized spacial score (nSPS) is 14.5. The van der Waals surface area contributed by atoms with Gasteiger partial charge in [0.05, 0.1) is 5.92 Å². The second-order valence-corrected chi connectivity index (χ2v) is 7.31. The zero-order valence-corrected chi connectivity index (χ0v) is 17.8. The summed E-state index contributed by atoms with van der Waals surface area (Å²) in [5.74, 6) is -16.3. The van der Waals surface area contributed by atoms with Gasteiger partial charge in [-0.05, 0) is 12.1 Å². The zero-order valence-electron chi connectivity index (χ0n) is 17.8. The fourth-order valence-corrected chi connectivity index (χ4v) is 3.53. The summed E-state index contributed by atoms with van der Waals surface area (Å²) < 4.78 is 96.4. The van der Waals surface area contributed by atoms with E-state index in [9.17, 15) is 36.4 Å². The molecular weight excluding hydrogens is 494 g/mol. The van der Waals surface area contributed by atoms with Gasteiger partial charge in [-0.15, -0.1) is 0 Å². The minimum absolute atomic E-state index is 0.0192. The molecule has 0 radical (unpaired) electrons. The van der Waals surface area contributed by atoms with Crippen LogP contribution in [-0.2, 0) is 4.79 Å². The highest BCUT2D eigenvalue weighted by Crippen LogP contribution is 2.44. The molecule has 1 aliphatic rings. The van der Waals surface area contributed by atoms with Crippen molar-refractivity contribution in [1.29, 1.82) is 5.26 Å². The van der Waals surface area contributed by atoms with Gasteiger partial charge in [0.15, 0.2) is 12.4 Å². The van der Waals surface area contributed by atoms with Crippen molar-refractivity contribution in [2.24, 2.45) is 5.73 Å². The highest BCUT2D eigenvalue weighted by atomic mass is 19.2. The Morgan fingerprint density at radius 1 is 0.944 bits per heavy atom. The zero-order chi connectivity index (χ0) is 26.1. The van der Waals surface area contributed by atoms with Crippen molar-refractivity contribution in [2.75, 3.05) is 6.61 Å². The average Bonchev–Trinajstić information content (AvgIpc) is 2.86. The topological polar surface area (TPSA) is 94.6 Å². The van der Waals surface area contributed by atoms with Crippen molar-refractivity contribution in [1.82, 2.24) is 0 Å². The summed E-state index contributed by atoms with van der Waals surface area (Å²) in [5, 5.41) is 9.53. The number of esters is 1. The summed E-state index contributed by atoms with van der Waals surface area (Å²) >= 11 is 0. The molecule has 0 aromatic heterocycles. The van der Waals surface area contributed by atoms with E-state index >= 15 is 0 Å². The van der Waals surface area contributed by atoms with E-state index in [0.717, 1.165) is 0 Å². The number of halogens is 6. The molecule has 1 aliphatic heterocycles. The largest absolute Gasteiger partial charge is 0.476 e. The maximum atomic E-state index is 14.5. The molecule has 0 saturated carbocycles. The molecule has 2 N–H and O–H groups in total. The molecule has 36 heavy (non-hydrogen) atoms. The van der Waals surface area contributed by atoms with E-state index in [-0.39, 0.29) is 28.5 Å². The molecule has 0 bridgehead atoms. The smallest absolute Gasteiger partial charge is 0.349 e. The van der Waals surface area contributed by atoms with Gasteiger partial charge >= 0.3 is 5.97 Å². The molecular formula is C24H12F6N2O4. The van der Waals surface area contributed by atoms with Gasteiger partial charge in [0.2, 0.25) is 35.0 Å². The molecule has 4 rings (SSSR count). The minimum Gasteiger partial charge on any atom is -0.476 e. The first-order chi connectivity index (χ1) is 17.1. The Labute approximate surface area is 198 Å². The van der Waals surface area contributed by atoms with Gasteiger partial charge in [0, 0.05) is 17.2 Å². The molecule has 3 aromatic carbocycles. The van der Waals surface area contributed by atoms with E-state index in [1.807, 2.05) is 6.07 Å². The van der Waals surface area contributed by atoms with E-state index < -0.39 is 59.1 Å². The number of fused-ring (bicyclic) bond motifs is 1. The lowest BCUT2D eigenvalue weighted by atomic mass is 9.83. The SMILES string of the molecule is N#CC1=C(N)Oc2cc(OC(=O)COc3c(F)c(F)c(F)c(F)c3F)ccc2C1c1ccccc1F. The van der Waals surface area contributed by atoms with Gasteiger partial charge in [0.1, 0.15) is 29.0 Å². The molecule has 0 saturated heterocycles.